The van der Waals surface area contributed by atoms with Gasteiger partial charge in [-0.25, -0.2) is 14.6 Å². The van der Waals surface area contributed by atoms with Crippen LogP contribution in [0.25, 0.3) is 0 Å². The van der Waals surface area contributed by atoms with Crippen molar-refractivity contribution in [2.75, 3.05) is 12.4 Å². The first-order valence-corrected chi connectivity index (χ1v) is 5.50. The number of nitrogens with zero attached hydrogens (tertiary/aromatic N) is 1. The first-order chi connectivity index (χ1) is 8.73. The number of aromatic nitrogens is 1. The van der Waals surface area contributed by atoms with E-state index in [0.29, 0.717) is 5.75 Å². The zero-order valence-electron chi connectivity index (χ0n) is 11.2. The molecule has 0 atom stereocenters. The summed E-state index contributed by atoms with van der Waals surface area (Å²) in [7, 11) is 1.41. The van der Waals surface area contributed by atoms with Crippen molar-refractivity contribution in [2.45, 2.75) is 26.4 Å². The molecule has 0 aliphatic carbocycles. The van der Waals surface area contributed by atoms with E-state index in [4.69, 9.17) is 14.6 Å². The molecule has 0 saturated heterocycles. The van der Waals surface area contributed by atoms with E-state index in [9.17, 15) is 9.59 Å². The van der Waals surface area contributed by atoms with Gasteiger partial charge in [-0.05, 0) is 20.8 Å². The van der Waals surface area contributed by atoms with Crippen LogP contribution in [-0.4, -0.2) is 34.9 Å². The van der Waals surface area contributed by atoms with Crippen LogP contribution in [0.5, 0.6) is 5.75 Å². The molecule has 0 aliphatic rings. The van der Waals surface area contributed by atoms with Gasteiger partial charge in [0.05, 0.1) is 19.0 Å². The summed E-state index contributed by atoms with van der Waals surface area (Å²) >= 11 is 0. The Labute approximate surface area is 110 Å². The maximum atomic E-state index is 11.6. The molecule has 0 spiro atoms. The third-order valence-corrected chi connectivity index (χ3v) is 1.94. The van der Waals surface area contributed by atoms with Gasteiger partial charge >= 0.3 is 12.1 Å². The van der Waals surface area contributed by atoms with Gasteiger partial charge in [-0.2, -0.15) is 0 Å². The van der Waals surface area contributed by atoms with Gasteiger partial charge in [-0.1, -0.05) is 0 Å². The quantitative estimate of drug-likeness (QED) is 0.871. The third-order valence-electron chi connectivity index (χ3n) is 1.94. The normalized spacial score (nSPS) is 10.7. The summed E-state index contributed by atoms with van der Waals surface area (Å²) in [5.74, 6) is -0.926. The molecule has 7 heteroatoms. The Morgan fingerprint density at radius 3 is 2.47 bits per heavy atom. The van der Waals surface area contributed by atoms with Crippen LogP contribution in [0.1, 0.15) is 31.3 Å². The molecule has 19 heavy (non-hydrogen) atoms. The molecule has 0 radical (unpaired) electrons. The number of anilines is 1. The molecule has 1 aromatic heterocycles. The van der Waals surface area contributed by atoms with Gasteiger partial charge < -0.3 is 14.6 Å². The summed E-state index contributed by atoms with van der Waals surface area (Å²) in [6.07, 6.45) is 0.494. The maximum absolute atomic E-state index is 11.6. The third kappa shape index (κ3) is 4.46. The number of carbonyl (C=O) groups is 2. The Hall–Kier alpha value is -2.31. The van der Waals surface area contributed by atoms with Crippen LogP contribution in [0, 0.1) is 0 Å². The smallest absolute Gasteiger partial charge is 0.412 e. The molecule has 1 aromatic rings. The fourth-order valence-electron chi connectivity index (χ4n) is 1.24. The van der Waals surface area contributed by atoms with Gasteiger partial charge in [0.1, 0.15) is 11.4 Å². The number of pyridine rings is 1. The molecule has 104 valence electrons. The molecular formula is C12H16N2O5. The van der Waals surface area contributed by atoms with Gasteiger partial charge in [0.2, 0.25) is 0 Å². The van der Waals surface area contributed by atoms with E-state index < -0.39 is 17.7 Å². The highest BCUT2D eigenvalue weighted by Gasteiger charge is 2.20. The fraction of sp³-hybridized carbons (Fsp3) is 0.417. The Bertz CT molecular complexity index is 493. The van der Waals surface area contributed by atoms with Crippen molar-refractivity contribution in [2.24, 2.45) is 0 Å². The molecule has 1 rings (SSSR count). The lowest BCUT2D eigenvalue weighted by Crippen LogP contribution is -2.28. The molecule has 0 saturated carbocycles. The molecular weight excluding hydrogens is 252 g/mol. The number of carboxylic acids is 1. The van der Waals surface area contributed by atoms with Crippen molar-refractivity contribution >= 4 is 17.7 Å². The summed E-state index contributed by atoms with van der Waals surface area (Å²) in [6, 6.07) is 1.36. The van der Waals surface area contributed by atoms with Crippen LogP contribution in [-0.2, 0) is 4.74 Å². The number of ether oxygens (including phenoxy) is 2. The van der Waals surface area contributed by atoms with Gasteiger partial charge in [0.15, 0.2) is 5.69 Å². The summed E-state index contributed by atoms with van der Waals surface area (Å²) in [5.41, 5.74) is -0.951. The summed E-state index contributed by atoms with van der Waals surface area (Å²) in [4.78, 5) is 26.3. The number of hydrogen-bond donors (Lipinski definition) is 2. The van der Waals surface area contributed by atoms with E-state index in [-0.39, 0.29) is 11.4 Å². The van der Waals surface area contributed by atoms with Crippen molar-refractivity contribution in [3.63, 3.8) is 0 Å². The molecule has 0 bridgehead atoms. The summed E-state index contributed by atoms with van der Waals surface area (Å²) in [5, 5.41) is 11.3. The predicted molar refractivity (Wildman–Crippen MR) is 67.6 cm³/mol. The van der Waals surface area contributed by atoms with Crippen LogP contribution in [0.15, 0.2) is 12.3 Å². The highest BCUT2D eigenvalue weighted by Crippen LogP contribution is 2.21. The van der Waals surface area contributed by atoms with Gasteiger partial charge in [0.25, 0.3) is 0 Å². The van der Waals surface area contributed by atoms with Crippen LogP contribution in [0.4, 0.5) is 10.5 Å². The van der Waals surface area contributed by atoms with Crippen LogP contribution >= 0.6 is 0 Å². The van der Waals surface area contributed by atoms with E-state index in [1.165, 1.54) is 19.4 Å². The first-order valence-electron chi connectivity index (χ1n) is 5.50. The second kappa shape index (κ2) is 5.55. The first kappa shape index (κ1) is 14.7. The lowest BCUT2D eigenvalue weighted by Gasteiger charge is -2.20. The average molecular weight is 268 g/mol. The van der Waals surface area contributed by atoms with Gasteiger partial charge in [-0.15, -0.1) is 0 Å². The number of nitrogens with one attached hydrogen (secondary N) is 1. The standard InChI is InChI=1S/C12H16N2O5/c1-12(2,3)19-11(17)14-8-5-7(18-4)6-13-9(8)10(15)16/h5-6H,1-4H3,(H,14,17)(H,15,16). The Morgan fingerprint density at radius 2 is 2.00 bits per heavy atom. The van der Waals surface area contributed by atoms with E-state index in [1.54, 1.807) is 20.8 Å². The second-order valence-electron chi connectivity index (χ2n) is 4.70. The molecule has 1 amide bonds. The SMILES string of the molecule is COc1cnc(C(=O)O)c(NC(=O)OC(C)(C)C)c1. The highest BCUT2D eigenvalue weighted by molar-refractivity contribution is 5.97. The number of carboxylic acid groups (broad SMARTS) is 1. The number of hydrogen-bond acceptors (Lipinski definition) is 5. The summed E-state index contributed by atoms with van der Waals surface area (Å²) < 4.78 is 9.96. The number of methoxy groups -OCH3 is 1. The van der Waals surface area contributed by atoms with Crippen molar-refractivity contribution in [3.05, 3.63) is 18.0 Å². The molecule has 0 aromatic carbocycles. The lowest BCUT2D eigenvalue weighted by molar-refractivity contribution is 0.0636. The van der Waals surface area contributed by atoms with Crippen molar-refractivity contribution in [3.8, 4) is 5.75 Å². The van der Waals surface area contributed by atoms with Crippen molar-refractivity contribution in [1.29, 1.82) is 0 Å². The Kier molecular flexibility index (Phi) is 4.31. The molecule has 7 nitrogen and oxygen atoms in total. The van der Waals surface area contributed by atoms with Crippen LogP contribution in [0.2, 0.25) is 0 Å². The zero-order chi connectivity index (χ0) is 14.6. The van der Waals surface area contributed by atoms with E-state index >= 15 is 0 Å². The minimum absolute atomic E-state index is 0.0149. The minimum atomic E-state index is -1.26. The van der Waals surface area contributed by atoms with E-state index in [2.05, 4.69) is 10.3 Å². The maximum Gasteiger partial charge on any atom is 0.412 e. The summed E-state index contributed by atoms with van der Waals surface area (Å²) in [6.45, 7) is 5.11. The molecule has 0 aliphatic heterocycles. The topological polar surface area (TPSA) is 97.8 Å². The molecule has 0 unspecified atom stereocenters. The molecule has 0 fully saturated rings. The predicted octanol–water partition coefficient (Wildman–Crippen LogP) is 2.14. The lowest BCUT2D eigenvalue weighted by atomic mass is 10.2. The second-order valence-corrected chi connectivity index (χ2v) is 4.70. The monoisotopic (exact) mass is 268 g/mol. The highest BCUT2D eigenvalue weighted by atomic mass is 16.6. The van der Waals surface area contributed by atoms with Crippen molar-refractivity contribution < 1.29 is 24.2 Å². The number of aromatic carboxylic acids is 1. The van der Waals surface area contributed by atoms with Crippen LogP contribution < -0.4 is 10.1 Å². The number of rotatable bonds is 3. The molecule has 1 heterocycles. The number of carbonyl (C=O) groups excluding carboxylic acids is 1. The van der Waals surface area contributed by atoms with E-state index in [1.807, 2.05) is 0 Å². The minimum Gasteiger partial charge on any atom is -0.495 e. The average Bonchev–Trinajstić information content (AvgIpc) is 2.25. The van der Waals surface area contributed by atoms with Crippen LogP contribution in [0.3, 0.4) is 0 Å². The van der Waals surface area contributed by atoms with E-state index in [0.717, 1.165) is 0 Å². The largest absolute Gasteiger partial charge is 0.495 e. The number of amides is 1. The fourth-order valence-corrected chi connectivity index (χ4v) is 1.24. The Balaban J connectivity index is 2.98. The van der Waals surface area contributed by atoms with Gasteiger partial charge in [-0.3, -0.25) is 5.32 Å². The Morgan fingerprint density at radius 1 is 1.37 bits per heavy atom. The molecule has 2 N–H and O–H groups in total. The van der Waals surface area contributed by atoms with Gasteiger partial charge in [0, 0.05) is 6.07 Å². The zero-order valence-corrected chi connectivity index (χ0v) is 11.2. The van der Waals surface area contributed by atoms with Crippen molar-refractivity contribution in [1.82, 2.24) is 4.98 Å².